The van der Waals surface area contributed by atoms with Crippen LogP contribution in [0, 0.1) is 41.4 Å². The number of unbranched alkanes of at least 4 members (excludes halogenated alkanes) is 3. The van der Waals surface area contributed by atoms with Crippen LogP contribution >= 0.6 is 11.3 Å². The van der Waals surface area contributed by atoms with Gasteiger partial charge in [0.25, 0.3) is 17.7 Å². The number of carboxylic acids is 2. The van der Waals surface area contributed by atoms with E-state index in [4.69, 9.17) is 35.2 Å². The highest BCUT2D eigenvalue weighted by atomic mass is 32.1. The molecule has 3 aromatic carbocycles. The Hall–Kier alpha value is -10.5. The number of primary amides is 1. The molecule has 3 aromatic heterocycles. The van der Waals surface area contributed by atoms with E-state index < -0.39 is 65.4 Å². The summed E-state index contributed by atoms with van der Waals surface area (Å²) in [6, 6.07) is 22.1. The number of urea groups is 1. The van der Waals surface area contributed by atoms with Gasteiger partial charge in [0.1, 0.15) is 24.2 Å². The Morgan fingerprint density at radius 3 is 2.21 bits per heavy atom. The quantitative estimate of drug-likeness (QED) is 0.00819. The van der Waals surface area contributed by atoms with Crippen molar-refractivity contribution in [3.63, 3.8) is 0 Å². The maximum absolute atomic E-state index is 14.6. The molecule has 2 saturated carbocycles. The van der Waals surface area contributed by atoms with Crippen LogP contribution in [0.5, 0.6) is 0 Å². The number of benzene rings is 3. The number of hydrogen-bond donors (Lipinski definition) is 7. The first-order valence-electron chi connectivity index (χ1n) is 39.9. The van der Waals surface area contributed by atoms with Crippen LogP contribution in [0.25, 0.3) is 21.3 Å². The van der Waals surface area contributed by atoms with Gasteiger partial charge in [0.2, 0.25) is 17.7 Å². The Kier molecular flexibility index (Phi) is 30.7. The number of alkyl halides is 3. The molecule has 28 nitrogen and oxygen atoms in total. The van der Waals surface area contributed by atoms with E-state index in [-0.39, 0.29) is 104 Å². The number of carboxylic acid groups (broad SMARTS) is 2. The van der Waals surface area contributed by atoms with Crippen molar-refractivity contribution in [3.05, 3.63) is 131 Å². The molecule has 2 aliphatic carbocycles. The molecule has 4 aliphatic rings. The van der Waals surface area contributed by atoms with Crippen LogP contribution in [0.1, 0.15) is 181 Å². The Labute approximate surface area is 683 Å². The van der Waals surface area contributed by atoms with Gasteiger partial charge in [0, 0.05) is 111 Å². The maximum atomic E-state index is 14.6. The smallest absolute Gasteiger partial charge is 0.476 e. The van der Waals surface area contributed by atoms with Crippen molar-refractivity contribution in [2.24, 2.45) is 40.2 Å². The Morgan fingerprint density at radius 1 is 0.812 bits per heavy atom. The third kappa shape index (κ3) is 25.5. The highest BCUT2D eigenvalue weighted by Crippen LogP contribution is 2.60. The molecule has 32 heteroatoms. The van der Waals surface area contributed by atoms with E-state index in [9.17, 15) is 66.2 Å². The van der Waals surface area contributed by atoms with Gasteiger partial charge >= 0.3 is 30.1 Å². The van der Waals surface area contributed by atoms with Crippen LogP contribution in [0.2, 0.25) is 0 Å². The molecule has 5 heterocycles. The number of imide groups is 1. The zero-order valence-electron chi connectivity index (χ0n) is 68.4. The fraction of sp³-hybridized carbons (Fsp3) is 0.529. The minimum absolute atomic E-state index is 0.0409. The monoisotopic (exact) mass is 1640 g/mol. The molecule has 632 valence electrons. The van der Waals surface area contributed by atoms with Gasteiger partial charge in [0.05, 0.1) is 62.7 Å². The number of ether oxygens (including phenoxy) is 2. The summed E-state index contributed by atoms with van der Waals surface area (Å²) in [6.45, 7) is 15.9. The van der Waals surface area contributed by atoms with E-state index >= 15 is 0 Å². The highest BCUT2D eigenvalue weighted by molar-refractivity contribution is 7.22. The lowest BCUT2D eigenvalue weighted by Crippen LogP contribution is -2.55. The number of fused-ring (bicyclic) bond motifs is 4. The summed E-state index contributed by atoms with van der Waals surface area (Å²) in [4.78, 5) is 155. The number of aromatic carboxylic acids is 1. The fourth-order valence-electron chi connectivity index (χ4n) is 17.1. The fourth-order valence-corrected chi connectivity index (χ4v) is 18.0. The molecule has 10 rings (SSSR count). The van der Waals surface area contributed by atoms with Gasteiger partial charge in [-0.05, 0) is 172 Å². The number of carbonyl (C=O) groups is 11. The molecule has 0 saturated heterocycles. The van der Waals surface area contributed by atoms with Crippen molar-refractivity contribution < 1.29 is 90.1 Å². The molecule has 8 N–H and O–H groups in total. The number of quaternary nitrogens is 1. The SMILES string of the molecule is Cc1c(-c2ccc(N3CCc4cccc(C(=O)Nc5nc6ccccc6s5)c4C3)nc2C(=O)O)cnn1CC1(C)CC2(C)CC(C)CC(OCCN(C)C(=O)[C@H](CCCC[N+](C)(C)C)CC(=O)OCc3ccc(NC(=O)[C@H](CCCNC(N)=O)NC(=O)[C@@H](CC(=O)CCCCCN4C(=O)C=CC4=O)C(C)C)cc3)(C2)C1.O=C(O)C(F)(F)F. The summed E-state index contributed by atoms with van der Waals surface area (Å²) in [7, 11) is 8.12. The number of esters is 1. The number of ketones is 1. The molecule has 2 fully saturated rings. The second-order valence-corrected chi connectivity index (χ2v) is 34.8. The topological polar surface area (TPSA) is 374 Å². The van der Waals surface area contributed by atoms with E-state index in [2.05, 4.69) is 68.2 Å². The molecule has 7 atom stereocenters. The van der Waals surface area contributed by atoms with Gasteiger partial charge in [0.15, 0.2) is 10.8 Å². The van der Waals surface area contributed by atoms with Crippen molar-refractivity contribution in [2.75, 3.05) is 83.1 Å². The third-order valence-electron chi connectivity index (χ3n) is 22.2. The minimum Gasteiger partial charge on any atom is -0.476 e. The van der Waals surface area contributed by atoms with Crippen LogP contribution in [0.15, 0.2) is 97.2 Å². The van der Waals surface area contributed by atoms with Crippen LogP contribution in [-0.4, -0.2) is 195 Å². The number of pyridine rings is 1. The number of nitrogens with zero attached hydrogens (tertiary/aromatic N) is 8. The van der Waals surface area contributed by atoms with Crippen molar-refractivity contribution in [1.82, 2.24) is 40.2 Å². The predicted molar refractivity (Wildman–Crippen MR) is 435 cm³/mol. The zero-order chi connectivity index (χ0) is 85.3. The minimum atomic E-state index is -5.08. The molecule has 2 aliphatic heterocycles. The van der Waals surface area contributed by atoms with Crippen LogP contribution in [-0.2, 0) is 73.9 Å². The number of carbonyl (C=O) groups excluding carboxylic acids is 9. The molecule has 0 spiro atoms. The Bertz CT molecular complexity index is 4590. The predicted octanol–water partition coefficient (Wildman–Crippen LogP) is 12.1. The summed E-state index contributed by atoms with van der Waals surface area (Å²) >= 11 is 1.41. The molecular weight excluding hydrogens is 1530 g/mol. The van der Waals surface area contributed by atoms with Gasteiger partial charge in [-0.3, -0.25) is 53.3 Å². The van der Waals surface area contributed by atoms with Crippen LogP contribution in [0.4, 0.5) is 34.6 Å². The van der Waals surface area contributed by atoms with E-state index in [0.29, 0.717) is 110 Å². The molecule has 4 unspecified atom stereocenters. The molecular formula is C85H111F3N13O15S+. The maximum Gasteiger partial charge on any atom is 0.490 e. The van der Waals surface area contributed by atoms with E-state index in [1.54, 1.807) is 42.4 Å². The number of likely N-dealkylation sites (N-methyl/N-ethyl adjacent to an activating group) is 1. The van der Waals surface area contributed by atoms with Gasteiger partial charge < -0.3 is 55.7 Å². The number of aromatic nitrogens is 4. The standard InChI is InChI=1S/C83H109N13O13S.C2HF3O2/c1-53(2)63(43-60(97)22-12-11-16-37-94-70(98)33-34-71(94)99)75(102)88-67(25-19-36-85-79(84)107)76(103)87-59-29-27-56(28-30-59)48-108-72(100)42-58(20-15-17-40-96(8,9)10)77(104)92(7)39-41-109-83-45-54(3)44-81(5,50-83)49-82(6,51-83)52-95-55(4)64(46-86-95)61-31-32-69(90-73(61)78(105)106)93-38-35-57-21-18-23-62(65(57)47-93)74(101)91-80-89-66-24-13-14-26-68(66)110-80;3-2(4,5)1(6)7/h13-14,18,21,23-24,26-34,46,53-54,58,63,67H,11-12,15-17,19-20,22,25,35-45,47-52H2,1-10H3,(H6-,84,85,87,88,89,91,101,102,103,105,106,107);(H,6,7)/p+1/t54?,58-,63+,67+,81?,82?,83?;/m1./s1. The molecule has 0 radical (unpaired) electrons. The first-order valence-corrected chi connectivity index (χ1v) is 40.7. The summed E-state index contributed by atoms with van der Waals surface area (Å²) in [5, 5.41) is 34.6. The van der Waals surface area contributed by atoms with E-state index in [1.165, 1.54) is 23.5 Å². The van der Waals surface area contributed by atoms with Crippen LogP contribution in [0.3, 0.4) is 0 Å². The number of halogens is 3. The summed E-state index contributed by atoms with van der Waals surface area (Å²) in [6.07, 6.45) is 8.40. The number of aliphatic carboxylic acids is 1. The molecule has 8 amide bonds. The average Bonchev–Trinajstić information content (AvgIpc) is 1.28. The number of amides is 8. The van der Waals surface area contributed by atoms with Gasteiger partial charge in [-0.2, -0.15) is 18.3 Å². The number of nitrogens with one attached hydrogen (secondary N) is 4. The lowest BCUT2D eigenvalue weighted by molar-refractivity contribution is -0.870. The molecule has 117 heavy (non-hydrogen) atoms. The summed E-state index contributed by atoms with van der Waals surface area (Å²) < 4.78 is 48.4. The molecule has 2 bridgehead atoms. The van der Waals surface area contributed by atoms with Crippen molar-refractivity contribution in [1.29, 1.82) is 0 Å². The van der Waals surface area contributed by atoms with Gasteiger partial charge in [-0.15, -0.1) is 0 Å². The Balaban J connectivity index is 0.00000213. The number of Topliss-reactive ketones (excluding diaryl/α,β-unsaturated/α-hetero) is 1. The largest absolute Gasteiger partial charge is 0.490 e. The second-order valence-electron chi connectivity index (χ2n) is 33.8. The number of thiazole rings is 1. The van der Waals surface area contributed by atoms with Gasteiger partial charge in [-0.25, -0.2) is 24.4 Å². The summed E-state index contributed by atoms with van der Waals surface area (Å²) in [5.74, 6) is -7.43. The number of anilines is 3. The molecule has 6 aromatic rings. The van der Waals surface area contributed by atoms with E-state index in [1.807, 2.05) is 85.0 Å². The van der Waals surface area contributed by atoms with Crippen molar-refractivity contribution >= 4 is 103 Å². The zero-order valence-corrected chi connectivity index (χ0v) is 69.2. The summed E-state index contributed by atoms with van der Waals surface area (Å²) in [5.41, 5.74) is 10.6. The van der Waals surface area contributed by atoms with E-state index in [0.717, 1.165) is 87.9 Å². The lowest BCUT2D eigenvalue weighted by atomic mass is 9.51. The van der Waals surface area contributed by atoms with Crippen LogP contribution < -0.4 is 31.9 Å². The highest BCUT2D eigenvalue weighted by Gasteiger charge is 2.56. The number of rotatable bonds is 38. The second kappa shape index (κ2) is 39.7. The number of nitrogens with two attached hydrogens (primary N) is 1. The normalized spacial score (nSPS) is 19.2. The first-order chi connectivity index (χ1) is 55.2. The Morgan fingerprint density at radius 2 is 1.53 bits per heavy atom. The van der Waals surface area contributed by atoms with Gasteiger partial charge in [-0.1, -0.05) is 88.8 Å². The number of hydrogen-bond acceptors (Lipinski definition) is 18. The average molecular weight is 1640 g/mol. The number of para-hydroxylation sites is 1. The van der Waals surface area contributed by atoms with Crippen molar-refractivity contribution in [2.45, 2.75) is 188 Å². The first kappa shape index (κ1) is 90.4. The van der Waals surface area contributed by atoms with Crippen molar-refractivity contribution in [3.8, 4) is 11.1 Å². The lowest BCUT2D eigenvalue weighted by Gasteiger charge is -2.58. The third-order valence-corrected chi connectivity index (χ3v) is 23.1.